The van der Waals surface area contributed by atoms with Crippen molar-refractivity contribution < 1.29 is 0 Å². The maximum Gasteiger partial charge on any atom is 0.0667 e. The Morgan fingerprint density at radius 3 is 2.10 bits per heavy atom. The van der Waals surface area contributed by atoms with Crippen LogP contribution in [0.15, 0.2) is 0 Å². The molecule has 0 aromatic rings. The molecular formula is C8H15NS. The highest BCUT2D eigenvalue weighted by atomic mass is 32.2. The highest BCUT2D eigenvalue weighted by molar-refractivity contribution is 7.99. The number of nitrogens with zero attached hydrogens (tertiary/aromatic N) is 1. The van der Waals surface area contributed by atoms with Crippen LogP contribution < -0.4 is 0 Å². The van der Waals surface area contributed by atoms with Gasteiger partial charge in [0.05, 0.1) is 12.0 Å². The van der Waals surface area contributed by atoms with Crippen molar-refractivity contribution in [2.45, 2.75) is 31.9 Å². The molecule has 58 valence electrons. The number of hydrogen-bond acceptors (Lipinski definition) is 2. The van der Waals surface area contributed by atoms with Crippen molar-refractivity contribution in [2.24, 2.45) is 5.92 Å². The molecule has 0 aromatic heterocycles. The van der Waals surface area contributed by atoms with Crippen LogP contribution in [0.1, 0.15) is 26.7 Å². The van der Waals surface area contributed by atoms with Crippen LogP contribution >= 0.6 is 11.8 Å². The molecule has 2 unspecified atom stereocenters. The van der Waals surface area contributed by atoms with E-state index in [9.17, 15) is 0 Å². The van der Waals surface area contributed by atoms with Crippen LogP contribution in [0.4, 0.5) is 0 Å². The Morgan fingerprint density at radius 2 is 2.00 bits per heavy atom. The van der Waals surface area contributed by atoms with E-state index in [1.807, 2.05) is 0 Å². The van der Waals surface area contributed by atoms with Crippen molar-refractivity contribution in [3.05, 3.63) is 0 Å². The van der Waals surface area contributed by atoms with E-state index in [0.717, 1.165) is 12.8 Å². The van der Waals surface area contributed by atoms with Crippen LogP contribution in [-0.4, -0.2) is 11.5 Å². The van der Waals surface area contributed by atoms with Crippen LogP contribution in [0, 0.1) is 17.2 Å². The minimum absolute atomic E-state index is 0.250. The van der Waals surface area contributed by atoms with Gasteiger partial charge >= 0.3 is 0 Å². The molecule has 0 fully saturated rings. The van der Waals surface area contributed by atoms with Crippen molar-refractivity contribution >= 4 is 11.8 Å². The lowest BCUT2D eigenvalue weighted by atomic mass is 10.0. The molecule has 0 rings (SSSR count). The summed E-state index contributed by atoms with van der Waals surface area (Å²) in [6, 6.07) is 2.33. The van der Waals surface area contributed by atoms with E-state index < -0.39 is 0 Å². The van der Waals surface area contributed by atoms with Gasteiger partial charge in [-0.05, 0) is 19.1 Å². The van der Waals surface area contributed by atoms with E-state index in [-0.39, 0.29) is 5.92 Å². The normalized spacial score (nSPS) is 15.8. The number of rotatable bonds is 4. The minimum Gasteiger partial charge on any atom is -0.198 e. The van der Waals surface area contributed by atoms with E-state index in [0.29, 0.717) is 5.25 Å². The van der Waals surface area contributed by atoms with Crippen LogP contribution in [0.3, 0.4) is 0 Å². The van der Waals surface area contributed by atoms with Gasteiger partial charge in [-0.1, -0.05) is 13.8 Å². The summed E-state index contributed by atoms with van der Waals surface area (Å²) in [6.07, 6.45) is 4.16. The summed E-state index contributed by atoms with van der Waals surface area (Å²) < 4.78 is 0. The first kappa shape index (κ1) is 9.84. The zero-order chi connectivity index (χ0) is 7.98. The van der Waals surface area contributed by atoms with Crippen LogP contribution in [0.2, 0.25) is 0 Å². The quantitative estimate of drug-likeness (QED) is 0.626. The zero-order valence-corrected chi connectivity index (χ0v) is 7.74. The predicted molar refractivity (Wildman–Crippen MR) is 47.0 cm³/mol. The van der Waals surface area contributed by atoms with Gasteiger partial charge in [-0.15, -0.1) is 0 Å². The smallest absolute Gasteiger partial charge is 0.0667 e. The van der Waals surface area contributed by atoms with E-state index in [2.05, 4.69) is 26.2 Å². The van der Waals surface area contributed by atoms with Crippen LogP contribution in [0.25, 0.3) is 0 Å². The van der Waals surface area contributed by atoms with Gasteiger partial charge < -0.3 is 0 Å². The van der Waals surface area contributed by atoms with Gasteiger partial charge in [0.1, 0.15) is 0 Å². The standard InChI is InChI=1S/C8H15NS/c1-4-7(6-9)8(5-2)10-3/h7-8H,4-5H2,1-3H3. The lowest BCUT2D eigenvalue weighted by molar-refractivity contribution is 0.592. The Kier molecular flexibility index (Phi) is 5.52. The maximum atomic E-state index is 8.70. The molecule has 0 spiro atoms. The number of nitriles is 1. The molecule has 0 saturated heterocycles. The second kappa shape index (κ2) is 5.61. The molecule has 0 bridgehead atoms. The summed E-state index contributed by atoms with van der Waals surface area (Å²) >= 11 is 1.80. The zero-order valence-electron chi connectivity index (χ0n) is 6.92. The fourth-order valence-corrected chi connectivity index (χ4v) is 1.97. The molecule has 2 atom stereocenters. The van der Waals surface area contributed by atoms with Crippen molar-refractivity contribution in [2.75, 3.05) is 6.26 Å². The van der Waals surface area contributed by atoms with E-state index in [1.165, 1.54) is 0 Å². The first-order valence-electron chi connectivity index (χ1n) is 3.72. The van der Waals surface area contributed by atoms with Gasteiger partial charge in [0.2, 0.25) is 0 Å². The predicted octanol–water partition coefficient (Wildman–Crippen LogP) is 2.68. The van der Waals surface area contributed by atoms with E-state index in [1.54, 1.807) is 11.8 Å². The summed E-state index contributed by atoms with van der Waals surface area (Å²) in [5.74, 6) is 0.250. The van der Waals surface area contributed by atoms with E-state index in [4.69, 9.17) is 5.26 Å². The van der Waals surface area contributed by atoms with Gasteiger partial charge in [0.25, 0.3) is 0 Å². The van der Waals surface area contributed by atoms with Crippen LogP contribution in [0.5, 0.6) is 0 Å². The molecule has 0 heterocycles. The van der Waals surface area contributed by atoms with E-state index >= 15 is 0 Å². The molecular weight excluding hydrogens is 142 g/mol. The highest BCUT2D eigenvalue weighted by Crippen LogP contribution is 2.22. The Hall–Kier alpha value is -0.160. The summed E-state index contributed by atoms with van der Waals surface area (Å²) in [6.45, 7) is 4.22. The lowest BCUT2D eigenvalue weighted by Crippen LogP contribution is -2.13. The Balaban J connectivity index is 3.85. The van der Waals surface area contributed by atoms with Gasteiger partial charge in [0.15, 0.2) is 0 Å². The molecule has 0 aromatic carbocycles. The first-order chi connectivity index (χ1) is 4.79. The van der Waals surface area contributed by atoms with Crippen molar-refractivity contribution in [3.63, 3.8) is 0 Å². The minimum atomic E-state index is 0.250. The maximum absolute atomic E-state index is 8.70. The van der Waals surface area contributed by atoms with Gasteiger partial charge in [-0.3, -0.25) is 0 Å². The van der Waals surface area contributed by atoms with Gasteiger partial charge in [0, 0.05) is 5.25 Å². The number of thioether (sulfide) groups is 1. The molecule has 0 aliphatic rings. The summed E-state index contributed by atoms with van der Waals surface area (Å²) in [4.78, 5) is 0. The highest BCUT2D eigenvalue weighted by Gasteiger charge is 2.15. The molecule has 1 nitrogen and oxygen atoms in total. The SMILES string of the molecule is CCC(C#N)C(CC)SC. The van der Waals surface area contributed by atoms with Crippen molar-refractivity contribution in [3.8, 4) is 6.07 Å². The molecule has 0 saturated carbocycles. The summed E-state index contributed by atoms with van der Waals surface area (Å²) in [5.41, 5.74) is 0. The van der Waals surface area contributed by atoms with Gasteiger partial charge in [-0.25, -0.2) is 0 Å². The van der Waals surface area contributed by atoms with Crippen LogP contribution in [-0.2, 0) is 0 Å². The van der Waals surface area contributed by atoms with Crippen molar-refractivity contribution in [1.82, 2.24) is 0 Å². The molecule has 2 heteroatoms. The average Bonchev–Trinajstić information content (AvgIpc) is 2.00. The summed E-state index contributed by atoms with van der Waals surface area (Å²) in [5, 5.41) is 9.23. The summed E-state index contributed by atoms with van der Waals surface area (Å²) in [7, 11) is 0. The van der Waals surface area contributed by atoms with Gasteiger partial charge in [-0.2, -0.15) is 17.0 Å². The second-order valence-electron chi connectivity index (χ2n) is 2.33. The third-order valence-corrected chi connectivity index (χ3v) is 3.03. The third kappa shape index (κ3) is 2.62. The molecule has 10 heavy (non-hydrogen) atoms. The first-order valence-corrected chi connectivity index (χ1v) is 5.01. The largest absolute Gasteiger partial charge is 0.198 e. The molecule has 0 aliphatic carbocycles. The van der Waals surface area contributed by atoms with Crippen molar-refractivity contribution in [1.29, 1.82) is 5.26 Å². The monoisotopic (exact) mass is 157 g/mol. The Morgan fingerprint density at radius 1 is 1.40 bits per heavy atom. The molecule has 0 N–H and O–H groups in total. The molecule has 0 aliphatic heterocycles. The Labute approximate surface area is 67.8 Å². The fourth-order valence-electron chi connectivity index (χ4n) is 1.05. The second-order valence-corrected chi connectivity index (χ2v) is 3.40. The number of hydrogen-bond donors (Lipinski definition) is 0. The average molecular weight is 157 g/mol. The fraction of sp³-hybridized carbons (Fsp3) is 0.875. The third-order valence-electron chi connectivity index (χ3n) is 1.76. The lowest BCUT2D eigenvalue weighted by Gasteiger charge is -2.15. The topological polar surface area (TPSA) is 23.8 Å². The molecule has 0 radical (unpaired) electrons. The molecule has 0 amide bonds. The Bertz CT molecular complexity index is 113.